The molecule has 5 aromatic rings. The lowest BCUT2D eigenvalue weighted by atomic mass is 9.83. The van der Waals surface area contributed by atoms with Crippen molar-refractivity contribution in [2.45, 2.75) is 49.7 Å². The van der Waals surface area contributed by atoms with E-state index in [1.807, 2.05) is 91.1 Å². The van der Waals surface area contributed by atoms with Gasteiger partial charge in [0.15, 0.2) is 0 Å². The summed E-state index contributed by atoms with van der Waals surface area (Å²) in [4.78, 5) is 22.4. The molecule has 8 heteroatoms. The van der Waals surface area contributed by atoms with Crippen LogP contribution in [-0.2, 0) is 16.8 Å². The van der Waals surface area contributed by atoms with Crippen molar-refractivity contribution in [2.24, 2.45) is 0 Å². The zero-order valence-electron chi connectivity index (χ0n) is 22.6. The summed E-state index contributed by atoms with van der Waals surface area (Å²) in [7, 11) is 0. The van der Waals surface area contributed by atoms with E-state index >= 15 is 0 Å². The highest BCUT2D eigenvalue weighted by Crippen LogP contribution is 2.57. The van der Waals surface area contributed by atoms with Gasteiger partial charge in [0.1, 0.15) is 41.0 Å². The Morgan fingerprint density at radius 3 is 2.32 bits per heavy atom. The molecule has 7 rings (SSSR count). The molecule has 1 amide bonds. The van der Waals surface area contributed by atoms with Crippen LogP contribution in [0.5, 0.6) is 11.5 Å². The Balaban J connectivity index is 1.14. The van der Waals surface area contributed by atoms with Gasteiger partial charge in [-0.25, -0.2) is 14.8 Å². The number of carbonyl (C=O) groups excluding carboxylic acids is 1. The number of imidazole rings is 1. The number of benzene rings is 3. The third kappa shape index (κ3) is 4.65. The largest absolute Gasteiger partial charge is 0.457 e. The number of nitrogens with zero attached hydrogens (tertiary/aromatic N) is 3. The maximum Gasteiger partial charge on any atom is 0.407 e. The molecule has 3 aromatic carbocycles. The second-order valence-electron chi connectivity index (χ2n) is 11.2. The topological polar surface area (TPSA) is 104 Å². The van der Waals surface area contributed by atoms with Crippen LogP contribution in [0.25, 0.3) is 16.8 Å². The van der Waals surface area contributed by atoms with E-state index in [4.69, 9.17) is 20.2 Å². The number of nitrogen functional groups attached to an aromatic ring is 1. The number of carbonyl (C=O) groups is 1. The number of ether oxygens (including phenoxy) is 2. The summed E-state index contributed by atoms with van der Waals surface area (Å²) in [5, 5.41) is 3.22. The fraction of sp³-hybridized carbons (Fsp3) is 0.242. The molecule has 206 valence electrons. The van der Waals surface area contributed by atoms with Crippen molar-refractivity contribution < 1.29 is 14.3 Å². The van der Waals surface area contributed by atoms with E-state index in [1.165, 1.54) is 0 Å². The number of amides is 1. The molecule has 8 nitrogen and oxygen atoms in total. The van der Waals surface area contributed by atoms with Gasteiger partial charge in [0.25, 0.3) is 0 Å². The minimum absolute atomic E-state index is 0.169. The summed E-state index contributed by atoms with van der Waals surface area (Å²) < 4.78 is 13.6. The molecule has 41 heavy (non-hydrogen) atoms. The van der Waals surface area contributed by atoms with Crippen molar-refractivity contribution >= 4 is 17.4 Å². The first-order valence-electron chi connectivity index (χ1n) is 14.0. The van der Waals surface area contributed by atoms with Crippen molar-refractivity contribution in [1.29, 1.82) is 0 Å². The van der Waals surface area contributed by atoms with Gasteiger partial charge in [0.2, 0.25) is 0 Å². The van der Waals surface area contributed by atoms with Gasteiger partial charge in [0.05, 0.1) is 0 Å². The number of alkyl carbamates (subject to hydrolysis) is 1. The van der Waals surface area contributed by atoms with Crippen molar-refractivity contribution in [1.82, 2.24) is 19.7 Å². The smallest absolute Gasteiger partial charge is 0.407 e. The minimum atomic E-state index is -0.369. The normalized spacial score (nSPS) is 21.2. The van der Waals surface area contributed by atoms with Crippen molar-refractivity contribution in [3.05, 3.63) is 109 Å². The Kier molecular flexibility index (Phi) is 6.11. The average Bonchev–Trinajstić information content (AvgIpc) is 3.69. The molecule has 2 aromatic heterocycles. The van der Waals surface area contributed by atoms with Gasteiger partial charge in [-0.05, 0) is 74.1 Å². The minimum Gasteiger partial charge on any atom is -0.457 e. The molecule has 0 unspecified atom stereocenters. The second kappa shape index (κ2) is 9.96. The Bertz CT molecular complexity index is 1690. The monoisotopic (exact) mass is 545 g/mol. The fourth-order valence-corrected chi connectivity index (χ4v) is 6.60. The van der Waals surface area contributed by atoms with Crippen LogP contribution in [0, 0.1) is 0 Å². The van der Waals surface area contributed by atoms with E-state index < -0.39 is 0 Å². The molecule has 2 bridgehead atoms. The predicted molar refractivity (Wildman–Crippen MR) is 157 cm³/mol. The quantitative estimate of drug-likeness (QED) is 0.237. The first-order chi connectivity index (χ1) is 20.0. The molecule has 2 aliphatic rings. The van der Waals surface area contributed by atoms with Crippen molar-refractivity contribution in [3.63, 3.8) is 0 Å². The van der Waals surface area contributed by atoms with Crippen LogP contribution in [0.4, 0.5) is 10.6 Å². The number of hydrogen-bond donors (Lipinski definition) is 2. The van der Waals surface area contributed by atoms with Crippen LogP contribution in [0.15, 0.2) is 97.3 Å². The van der Waals surface area contributed by atoms with Crippen LogP contribution in [0.1, 0.15) is 43.5 Å². The number of nitrogens with two attached hydrogens (primary N) is 1. The molecule has 2 saturated carbocycles. The summed E-state index contributed by atoms with van der Waals surface area (Å²) >= 11 is 0. The molecule has 0 spiro atoms. The predicted octanol–water partition coefficient (Wildman–Crippen LogP) is 6.65. The standard InChI is InChI=1S/C33H31N5O3/c34-29-28-27(24-11-13-26(14-12-24)41-25-9-5-2-6-10-25)36-30(38(28)20-19-35-29)32-15-17-33(22-32,18-16-32)37-31(39)40-21-23-7-3-1-4-8-23/h1-14,19-20H,15-18,21-22H2,(H2,34,35)(H,37,39). The van der Waals surface area contributed by atoms with Gasteiger partial charge < -0.3 is 20.5 Å². The third-order valence-corrected chi connectivity index (χ3v) is 8.59. The summed E-state index contributed by atoms with van der Waals surface area (Å²) in [6, 6.07) is 27.3. The molecule has 0 saturated heterocycles. The lowest BCUT2D eigenvalue weighted by Gasteiger charge is -2.28. The lowest BCUT2D eigenvalue weighted by Crippen LogP contribution is -2.45. The Labute approximate surface area is 238 Å². The highest BCUT2D eigenvalue weighted by atomic mass is 16.5. The van der Waals surface area contributed by atoms with Crippen LogP contribution < -0.4 is 15.8 Å². The molecule has 0 atom stereocenters. The van der Waals surface area contributed by atoms with E-state index in [1.54, 1.807) is 6.20 Å². The van der Waals surface area contributed by atoms with Crippen LogP contribution in [0.2, 0.25) is 0 Å². The third-order valence-electron chi connectivity index (χ3n) is 8.59. The number of rotatable bonds is 7. The highest BCUT2D eigenvalue weighted by molar-refractivity contribution is 5.85. The fourth-order valence-electron chi connectivity index (χ4n) is 6.60. The Hall–Kier alpha value is -4.85. The maximum absolute atomic E-state index is 12.8. The summed E-state index contributed by atoms with van der Waals surface area (Å²) in [6.45, 7) is 0.254. The molecule has 2 fully saturated rings. The average molecular weight is 546 g/mol. The van der Waals surface area contributed by atoms with E-state index in [-0.39, 0.29) is 23.7 Å². The number of para-hydroxylation sites is 1. The van der Waals surface area contributed by atoms with E-state index in [2.05, 4.69) is 14.7 Å². The highest BCUT2D eigenvalue weighted by Gasteiger charge is 2.57. The molecule has 3 N–H and O–H groups in total. The number of aromatic nitrogens is 3. The van der Waals surface area contributed by atoms with E-state index in [0.29, 0.717) is 5.82 Å². The molecular weight excluding hydrogens is 514 g/mol. The van der Waals surface area contributed by atoms with Crippen LogP contribution in [-0.4, -0.2) is 26.0 Å². The van der Waals surface area contributed by atoms with Gasteiger partial charge in [-0.15, -0.1) is 0 Å². The zero-order chi connectivity index (χ0) is 27.9. The number of fused-ring (bicyclic) bond motifs is 3. The first kappa shape index (κ1) is 25.1. The van der Waals surface area contributed by atoms with Crippen molar-refractivity contribution in [3.8, 4) is 22.8 Å². The number of nitrogens with one attached hydrogen (secondary N) is 1. The lowest BCUT2D eigenvalue weighted by molar-refractivity contribution is 0.126. The van der Waals surface area contributed by atoms with Gasteiger partial charge in [-0.1, -0.05) is 48.5 Å². The van der Waals surface area contributed by atoms with E-state index in [0.717, 1.165) is 71.8 Å². The van der Waals surface area contributed by atoms with Crippen LogP contribution in [0.3, 0.4) is 0 Å². The summed E-state index contributed by atoms with van der Waals surface area (Å²) in [5.41, 5.74) is 9.47. The van der Waals surface area contributed by atoms with Crippen LogP contribution >= 0.6 is 0 Å². The Morgan fingerprint density at radius 1 is 0.902 bits per heavy atom. The van der Waals surface area contributed by atoms with Gasteiger partial charge in [0, 0.05) is 28.9 Å². The van der Waals surface area contributed by atoms with Gasteiger partial charge in [-0.2, -0.15) is 0 Å². The van der Waals surface area contributed by atoms with Crippen molar-refractivity contribution in [2.75, 3.05) is 5.73 Å². The summed E-state index contributed by atoms with van der Waals surface area (Å²) in [6.07, 6.45) is 7.72. The molecular formula is C33H31N5O3. The second-order valence-corrected chi connectivity index (χ2v) is 11.2. The molecule has 2 aliphatic carbocycles. The SMILES string of the molecule is Nc1nccn2c(C34CCC(NC(=O)OCc5ccccc5)(CC3)C4)nc(-c3ccc(Oc4ccccc4)cc3)c12. The maximum atomic E-state index is 12.8. The number of hydrogen-bond acceptors (Lipinski definition) is 6. The summed E-state index contributed by atoms with van der Waals surface area (Å²) in [5.74, 6) is 2.94. The van der Waals surface area contributed by atoms with Gasteiger partial charge >= 0.3 is 6.09 Å². The van der Waals surface area contributed by atoms with E-state index in [9.17, 15) is 4.79 Å². The zero-order valence-corrected chi connectivity index (χ0v) is 22.6. The first-order valence-corrected chi connectivity index (χ1v) is 14.0. The van der Waals surface area contributed by atoms with Gasteiger partial charge in [-0.3, -0.25) is 4.40 Å². The number of anilines is 1. The molecule has 0 aliphatic heterocycles. The molecule has 0 radical (unpaired) electrons. The molecule has 2 heterocycles. The Morgan fingerprint density at radius 2 is 1.59 bits per heavy atom.